The van der Waals surface area contributed by atoms with E-state index in [1.807, 2.05) is 49.1 Å². The van der Waals surface area contributed by atoms with Crippen molar-refractivity contribution in [1.82, 2.24) is 14.7 Å². The summed E-state index contributed by atoms with van der Waals surface area (Å²) in [6.07, 6.45) is 1.58. The Morgan fingerprint density at radius 2 is 1.93 bits per heavy atom. The average Bonchev–Trinajstić information content (AvgIpc) is 2.74. The number of amides is 1. The molecule has 1 amide bonds. The number of carbonyl (C=O) groups is 1. The summed E-state index contributed by atoms with van der Waals surface area (Å²) in [5.41, 5.74) is 2.19. The van der Waals surface area contributed by atoms with Gasteiger partial charge in [-0.05, 0) is 43.7 Å². The Kier molecular flexibility index (Phi) is 5.85. The Labute approximate surface area is 163 Å². The zero-order valence-electron chi connectivity index (χ0n) is 16.0. The molecule has 0 aliphatic heterocycles. The van der Waals surface area contributed by atoms with Gasteiger partial charge in [0, 0.05) is 18.4 Å². The van der Waals surface area contributed by atoms with E-state index in [1.165, 1.54) is 6.20 Å². The molecular formula is C22H22N4O2. The molecule has 6 heteroatoms. The summed E-state index contributed by atoms with van der Waals surface area (Å²) in [4.78, 5) is 26.6. The Morgan fingerprint density at radius 1 is 1.21 bits per heavy atom. The molecule has 0 saturated heterocycles. The van der Waals surface area contributed by atoms with Crippen molar-refractivity contribution in [3.05, 3.63) is 76.1 Å². The molecule has 0 bridgehead atoms. The van der Waals surface area contributed by atoms with Crippen LogP contribution >= 0.6 is 0 Å². The summed E-state index contributed by atoms with van der Waals surface area (Å²) in [6.45, 7) is 4.91. The average molecular weight is 374 g/mol. The first-order valence-electron chi connectivity index (χ1n) is 9.29. The maximum Gasteiger partial charge on any atom is 0.224 e. The van der Waals surface area contributed by atoms with Gasteiger partial charge in [0.05, 0.1) is 35.9 Å². The SMILES string of the molecule is CCN(C(=O)CCn1ncc(=O)c2ccccc21)C(C)c1ccc(C#N)cc1. The van der Waals surface area contributed by atoms with Crippen LogP contribution in [0, 0.1) is 11.3 Å². The number of aryl methyl sites for hydroxylation is 1. The van der Waals surface area contributed by atoms with E-state index < -0.39 is 0 Å². The lowest BCUT2D eigenvalue weighted by Crippen LogP contribution is -2.34. The van der Waals surface area contributed by atoms with Crippen LogP contribution in [0.2, 0.25) is 0 Å². The van der Waals surface area contributed by atoms with Gasteiger partial charge in [0.25, 0.3) is 0 Å². The van der Waals surface area contributed by atoms with E-state index in [2.05, 4.69) is 11.2 Å². The zero-order valence-corrected chi connectivity index (χ0v) is 16.0. The summed E-state index contributed by atoms with van der Waals surface area (Å²) >= 11 is 0. The first-order valence-corrected chi connectivity index (χ1v) is 9.29. The highest BCUT2D eigenvalue weighted by Crippen LogP contribution is 2.21. The Bertz CT molecular complexity index is 1080. The van der Waals surface area contributed by atoms with E-state index >= 15 is 0 Å². The van der Waals surface area contributed by atoms with Crippen LogP contribution in [0.4, 0.5) is 0 Å². The third-order valence-electron chi connectivity index (χ3n) is 4.95. The number of hydrogen-bond donors (Lipinski definition) is 0. The second-order valence-electron chi connectivity index (χ2n) is 6.59. The largest absolute Gasteiger partial charge is 0.336 e. The van der Waals surface area contributed by atoms with Gasteiger partial charge in [-0.25, -0.2) is 0 Å². The fourth-order valence-electron chi connectivity index (χ4n) is 3.37. The van der Waals surface area contributed by atoms with Gasteiger partial charge in [0.15, 0.2) is 0 Å². The molecule has 1 aromatic heterocycles. The van der Waals surface area contributed by atoms with E-state index in [4.69, 9.17) is 5.26 Å². The van der Waals surface area contributed by atoms with Crippen molar-refractivity contribution in [1.29, 1.82) is 5.26 Å². The van der Waals surface area contributed by atoms with Gasteiger partial charge in [0.2, 0.25) is 11.3 Å². The molecule has 28 heavy (non-hydrogen) atoms. The minimum absolute atomic E-state index is 0.0175. The quantitative estimate of drug-likeness (QED) is 0.663. The number of hydrogen-bond acceptors (Lipinski definition) is 4. The zero-order chi connectivity index (χ0) is 20.1. The number of para-hydroxylation sites is 1. The maximum absolute atomic E-state index is 12.9. The van der Waals surface area contributed by atoms with E-state index in [-0.39, 0.29) is 23.8 Å². The first kappa shape index (κ1) is 19.3. The number of carbonyl (C=O) groups excluding carboxylic acids is 1. The predicted molar refractivity (Wildman–Crippen MR) is 108 cm³/mol. The molecule has 0 spiro atoms. The lowest BCUT2D eigenvalue weighted by molar-refractivity contribution is -0.133. The monoisotopic (exact) mass is 374 g/mol. The lowest BCUT2D eigenvalue weighted by atomic mass is 10.0. The molecule has 0 aliphatic rings. The van der Waals surface area contributed by atoms with Gasteiger partial charge in [-0.15, -0.1) is 0 Å². The van der Waals surface area contributed by atoms with Gasteiger partial charge < -0.3 is 4.90 Å². The van der Waals surface area contributed by atoms with Gasteiger partial charge in [0.1, 0.15) is 0 Å². The fourth-order valence-corrected chi connectivity index (χ4v) is 3.37. The van der Waals surface area contributed by atoms with Crippen LogP contribution < -0.4 is 5.43 Å². The Balaban J connectivity index is 1.75. The maximum atomic E-state index is 12.9. The van der Waals surface area contributed by atoms with Crippen LogP contribution in [0.15, 0.2) is 59.5 Å². The van der Waals surface area contributed by atoms with Crippen molar-refractivity contribution < 1.29 is 4.79 Å². The molecule has 0 N–H and O–H groups in total. The van der Waals surface area contributed by atoms with Crippen molar-refractivity contribution in [3.63, 3.8) is 0 Å². The highest BCUT2D eigenvalue weighted by molar-refractivity contribution is 5.79. The third kappa shape index (κ3) is 3.94. The number of aromatic nitrogens is 2. The molecule has 3 rings (SSSR count). The Hall–Kier alpha value is -3.46. The molecule has 0 fully saturated rings. The molecule has 0 aliphatic carbocycles. The normalized spacial score (nSPS) is 11.8. The van der Waals surface area contributed by atoms with E-state index in [0.717, 1.165) is 11.1 Å². The van der Waals surface area contributed by atoms with Gasteiger partial charge in [-0.1, -0.05) is 24.3 Å². The van der Waals surface area contributed by atoms with Crippen molar-refractivity contribution in [2.24, 2.45) is 0 Å². The molecule has 142 valence electrons. The van der Waals surface area contributed by atoms with Crippen molar-refractivity contribution in [3.8, 4) is 6.07 Å². The lowest BCUT2D eigenvalue weighted by Gasteiger charge is -2.28. The number of nitriles is 1. The van der Waals surface area contributed by atoms with Crippen LogP contribution in [0.5, 0.6) is 0 Å². The third-order valence-corrected chi connectivity index (χ3v) is 4.95. The van der Waals surface area contributed by atoms with Crippen molar-refractivity contribution in [2.45, 2.75) is 32.9 Å². The minimum atomic E-state index is -0.122. The number of nitrogens with zero attached hydrogens (tertiary/aromatic N) is 4. The standard InChI is InChI=1S/C22H22N4O2/c1-3-25(16(2)18-10-8-17(14-23)9-11-18)22(28)12-13-26-20-7-5-4-6-19(20)21(27)15-24-26/h4-11,15-16H,3,12-13H2,1-2H3. The second-order valence-corrected chi connectivity index (χ2v) is 6.59. The summed E-state index contributed by atoms with van der Waals surface area (Å²) in [6, 6.07) is 16.6. The molecular weight excluding hydrogens is 352 g/mol. The highest BCUT2D eigenvalue weighted by Gasteiger charge is 2.20. The van der Waals surface area contributed by atoms with Crippen molar-refractivity contribution in [2.75, 3.05) is 6.54 Å². The van der Waals surface area contributed by atoms with Crippen molar-refractivity contribution >= 4 is 16.8 Å². The smallest absolute Gasteiger partial charge is 0.224 e. The predicted octanol–water partition coefficient (Wildman–Crippen LogP) is 3.27. The molecule has 1 heterocycles. The van der Waals surface area contributed by atoms with Gasteiger partial charge in [-0.2, -0.15) is 10.4 Å². The molecule has 3 aromatic rings. The van der Waals surface area contributed by atoms with Crippen LogP contribution in [0.25, 0.3) is 10.9 Å². The molecule has 0 radical (unpaired) electrons. The van der Waals surface area contributed by atoms with Crippen LogP contribution in [-0.4, -0.2) is 27.1 Å². The fraction of sp³-hybridized carbons (Fsp3) is 0.273. The molecule has 6 nitrogen and oxygen atoms in total. The number of fused-ring (bicyclic) bond motifs is 1. The number of benzene rings is 2. The van der Waals surface area contributed by atoms with Crippen LogP contribution in [0.3, 0.4) is 0 Å². The topological polar surface area (TPSA) is 79.0 Å². The molecule has 0 saturated carbocycles. The Morgan fingerprint density at radius 3 is 2.61 bits per heavy atom. The second kappa shape index (κ2) is 8.49. The summed E-state index contributed by atoms with van der Waals surface area (Å²) < 4.78 is 1.70. The van der Waals surface area contributed by atoms with Crippen LogP contribution in [-0.2, 0) is 11.3 Å². The summed E-state index contributed by atoms with van der Waals surface area (Å²) in [5, 5.41) is 13.7. The summed E-state index contributed by atoms with van der Waals surface area (Å²) in [7, 11) is 0. The highest BCUT2D eigenvalue weighted by atomic mass is 16.2. The van der Waals surface area contributed by atoms with E-state index in [1.54, 1.807) is 22.9 Å². The molecule has 1 atom stereocenters. The van der Waals surface area contributed by atoms with Gasteiger partial charge in [-0.3, -0.25) is 14.3 Å². The molecule has 2 aromatic carbocycles. The first-order chi connectivity index (χ1) is 13.5. The van der Waals surface area contributed by atoms with E-state index in [0.29, 0.717) is 24.0 Å². The minimum Gasteiger partial charge on any atom is -0.336 e. The van der Waals surface area contributed by atoms with Gasteiger partial charge >= 0.3 is 0 Å². The van der Waals surface area contributed by atoms with E-state index in [9.17, 15) is 9.59 Å². The van der Waals surface area contributed by atoms with Crippen LogP contribution in [0.1, 0.15) is 37.4 Å². The number of rotatable bonds is 6. The molecule has 1 unspecified atom stereocenters. The summed E-state index contributed by atoms with van der Waals surface area (Å²) in [5.74, 6) is 0.0175.